The predicted octanol–water partition coefficient (Wildman–Crippen LogP) is -1.34. The van der Waals surface area contributed by atoms with E-state index in [1.54, 1.807) is 20.8 Å². The molecular weight excluding hydrogens is 372 g/mol. The van der Waals surface area contributed by atoms with E-state index in [0.717, 1.165) is 0 Å². The standard InChI is InChI=1S/C17H30N4O7/c1-5-9(4)13(18)16(27)20-10(6-11(22)23)15(26)21-14(8(2)3)17(28)19-7-12(24)25/h8-10,13-14H,5-7,18H2,1-4H3,(H,19,28)(H,20,27)(H,21,26)(H,22,23)(H,24,25). The Kier molecular flexibility index (Phi) is 10.8. The van der Waals surface area contributed by atoms with Crippen molar-refractivity contribution in [1.29, 1.82) is 0 Å². The first-order chi connectivity index (χ1) is 12.9. The van der Waals surface area contributed by atoms with Gasteiger partial charge >= 0.3 is 11.9 Å². The molecule has 0 radical (unpaired) electrons. The van der Waals surface area contributed by atoms with Crippen LogP contribution in [0.5, 0.6) is 0 Å². The average Bonchev–Trinajstić information content (AvgIpc) is 2.61. The van der Waals surface area contributed by atoms with Gasteiger partial charge in [-0.25, -0.2) is 0 Å². The number of hydrogen-bond donors (Lipinski definition) is 6. The highest BCUT2D eigenvalue weighted by Crippen LogP contribution is 2.07. The van der Waals surface area contributed by atoms with Gasteiger partial charge < -0.3 is 31.9 Å². The Bertz CT molecular complexity index is 594. The van der Waals surface area contributed by atoms with Gasteiger partial charge in [-0.1, -0.05) is 34.1 Å². The second-order valence-corrected chi connectivity index (χ2v) is 6.91. The molecule has 0 aromatic rings. The molecule has 4 unspecified atom stereocenters. The van der Waals surface area contributed by atoms with Crippen molar-refractivity contribution in [1.82, 2.24) is 16.0 Å². The fraction of sp³-hybridized carbons (Fsp3) is 0.706. The summed E-state index contributed by atoms with van der Waals surface area (Å²) in [5.41, 5.74) is 5.81. The molecule has 11 heteroatoms. The second-order valence-electron chi connectivity index (χ2n) is 6.91. The van der Waals surface area contributed by atoms with Gasteiger partial charge in [0.15, 0.2) is 0 Å². The number of carboxylic acid groups (broad SMARTS) is 2. The van der Waals surface area contributed by atoms with Crippen LogP contribution in [0.2, 0.25) is 0 Å². The number of carboxylic acids is 2. The molecule has 7 N–H and O–H groups in total. The Hall–Kier alpha value is -2.69. The van der Waals surface area contributed by atoms with Crippen LogP contribution in [0, 0.1) is 11.8 Å². The van der Waals surface area contributed by atoms with Gasteiger partial charge in [-0.2, -0.15) is 0 Å². The van der Waals surface area contributed by atoms with Crippen LogP contribution in [0.3, 0.4) is 0 Å². The van der Waals surface area contributed by atoms with Crippen LogP contribution < -0.4 is 21.7 Å². The van der Waals surface area contributed by atoms with Crippen LogP contribution in [0.25, 0.3) is 0 Å². The lowest BCUT2D eigenvalue weighted by Gasteiger charge is -2.26. The van der Waals surface area contributed by atoms with Crippen molar-refractivity contribution < 1.29 is 34.2 Å². The van der Waals surface area contributed by atoms with Gasteiger partial charge in [0.05, 0.1) is 12.5 Å². The number of aliphatic carboxylic acids is 2. The van der Waals surface area contributed by atoms with E-state index in [0.29, 0.717) is 6.42 Å². The van der Waals surface area contributed by atoms with Crippen molar-refractivity contribution in [2.75, 3.05) is 6.54 Å². The van der Waals surface area contributed by atoms with Crippen molar-refractivity contribution in [3.63, 3.8) is 0 Å². The summed E-state index contributed by atoms with van der Waals surface area (Å²) >= 11 is 0. The average molecular weight is 402 g/mol. The van der Waals surface area contributed by atoms with E-state index < -0.39 is 66.7 Å². The SMILES string of the molecule is CCC(C)C(N)C(=O)NC(CC(=O)O)C(=O)NC(C(=O)NCC(=O)O)C(C)C. The third-order valence-electron chi connectivity index (χ3n) is 4.23. The Labute approximate surface area is 163 Å². The highest BCUT2D eigenvalue weighted by Gasteiger charge is 2.31. The summed E-state index contributed by atoms with van der Waals surface area (Å²) in [5, 5.41) is 24.5. The molecule has 0 aliphatic carbocycles. The molecule has 0 fully saturated rings. The second kappa shape index (κ2) is 11.9. The molecule has 4 atom stereocenters. The third-order valence-corrected chi connectivity index (χ3v) is 4.23. The van der Waals surface area contributed by atoms with E-state index in [4.69, 9.17) is 15.9 Å². The Morgan fingerprint density at radius 3 is 1.89 bits per heavy atom. The summed E-state index contributed by atoms with van der Waals surface area (Å²) in [7, 11) is 0. The molecule has 0 saturated heterocycles. The van der Waals surface area contributed by atoms with E-state index in [-0.39, 0.29) is 5.92 Å². The lowest BCUT2D eigenvalue weighted by Crippen LogP contribution is -2.58. The zero-order valence-corrected chi connectivity index (χ0v) is 16.5. The van der Waals surface area contributed by atoms with E-state index in [1.165, 1.54) is 0 Å². The molecule has 0 spiro atoms. The zero-order valence-electron chi connectivity index (χ0n) is 16.5. The smallest absolute Gasteiger partial charge is 0.322 e. The maximum atomic E-state index is 12.5. The van der Waals surface area contributed by atoms with E-state index in [9.17, 15) is 24.0 Å². The van der Waals surface area contributed by atoms with Crippen molar-refractivity contribution in [3.8, 4) is 0 Å². The fourth-order valence-electron chi connectivity index (χ4n) is 2.23. The summed E-state index contributed by atoms with van der Waals surface area (Å²) < 4.78 is 0. The maximum Gasteiger partial charge on any atom is 0.322 e. The molecule has 0 aliphatic heterocycles. The molecule has 0 aliphatic rings. The first-order valence-corrected chi connectivity index (χ1v) is 8.98. The molecule has 0 aromatic carbocycles. The molecule has 3 amide bonds. The molecule has 0 rings (SSSR count). The number of hydrogen-bond acceptors (Lipinski definition) is 6. The summed E-state index contributed by atoms with van der Waals surface area (Å²) in [6.45, 7) is 6.20. The van der Waals surface area contributed by atoms with Crippen LogP contribution in [-0.2, 0) is 24.0 Å². The Morgan fingerprint density at radius 1 is 0.893 bits per heavy atom. The highest BCUT2D eigenvalue weighted by atomic mass is 16.4. The summed E-state index contributed by atoms with van der Waals surface area (Å²) in [4.78, 5) is 58.5. The lowest BCUT2D eigenvalue weighted by molar-refractivity contribution is -0.142. The molecular formula is C17H30N4O7. The van der Waals surface area contributed by atoms with E-state index >= 15 is 0 Å². The number of nitrogens with one attached hydrogen (secondary N) is 3. The normalized spacial score (nSPS) is 15.1. The summed E-state index contributed by atoms with van der Waals surface area (Å²) in [5.74, 6) is -5.46. The molecule has 160 valence electrons. The van der Waals surface area contributed by atoms with Crippen molar-refractivity contribution in [2.45, 2.75) is 58.7 Å². The quantitative estimate of drug-likeness (QED) is 0.231. The van der Waals surface area contributed by atoms with E-state index in [2.05, 4.69) is 16.0 Å². The van der Waals surface area contributed by atoms with Crippen LogP contribution in [-0.4, -0.2) is 64.5 Å². The number of carbonyl (C=O) groups excluding carboxylic acids is 3. The van der Waals surface area contributed by atoms with Crippen LogP contribution in [0.15, 0.2) is 0 Å². The number of carbonyl (C=O) groups is 5. The van der Waals surface area contributed by atoms with Gasteiger partial charge in [0, 0.05) is 0 Å². The van der Waals surface area contributed by atoms with Gasteiger partial charge in [0.2, 0.25) is 17.7 Å². The highest BCUT2D eigenvalue weighted by molar-refractivity contribution is 5.95. The number of rotatable bonds is 12. The first-order valence-electron chi connectivity index (χ1n) is 8.98. The third kappa shape index (κ3) is 8.80. The Morgan fingerprint density at radius 2 is 1.46 bits per heavy atom. The molecule has 0 heterocycles. The minimum atomic E-state index is -1.44. The molecule has 28 heavy (non-hydrogen) atoms. The molecule has 0 saturated carbocycles. The van der Waals surface area contributed by atoms with Crippen LogP contribution in [0.4, 0.5) is 0 Å². The minimum absolute atomic E-state index is 0.182. The topological polar surface area (TPSA) is 188 Å². The predicted molar refractivity (Wildman–Crippen MR) is 99.0 cm³/mol. The van der Waals surface area contributed by atoms with Crippen LogP contribution >= 0.6 is 0 Å². The minimum Gasteiger partial charge on any atom is -0.481 e. The number of nitrogens with two attached hydrogens (primary N) is 1. The monoisotopic (exact) mass is 402 g/mol. The van der Waals surface area contributed by atoms with Gasteiger partial charge in [-0.15, -0.1) is 0 Å². The first kappa shape index (κ1) is 25.3. The van der Waals surface area contributed by atoms with Gasteiger partial charge in [0.1, 0.15) is 18.6 Å². The fourth-order valence-corrected chi connectivity index (χ4v) is 2.23. The van der Waals surface area contributed by atoms with Gasteiger partial charge in [-0.3, -0.25) is 24.0 Å². The summed E-state index contributed by atoms with van der Waals surface area (Å²) in [6, 6.07) is -3.47. The summed E-state index contributed by atoms with van der Waals surface area (Å²) in [6.07, 6.45) is -0.0874. The van der Waals surface area contributed by atoms with Gasteiger partial charge in [-0.05, 0) is 11.8 Å². The van der Waals surface area contributed by atoms with Crippen molar-refractivity contribution >= 4 is 29.7 Å². The van der Waals surface area contributed by atoms with Crippen LogP contribution in [0.1, 0.15) is 40.5 Å². The number of amides is 3. The Balaban J connectivity index is 5.25. The molecule has 0 aromatic heterocycles. The zero-order chi connectivity index (χ0) is 22.0. The van der Waals surface area contributed by atoms with Gasteiger partial charge in [0.25, 0.3) is 0 Å². The van der Waals surface area contributed by atoms with Crippen molar-refractivity contribution in [2.24, 2.45) is 17.6 Å². The largest absolute Gasteiger partial charge is 0.481 e. The van der Waals surface area contributed by atoms with E-state index in [1.807, 2.05) is 6.92 Å². The molecule has 0 bridgehead atoms. The lowest BCUT2D eigenvalue weighted by atomic mass is 9.98. The maximum absolute atomic E-state index is 12.5. The van der Waals surface area contributed by atoms with Crippen molar-refractivity contribution in [3.05, 3.63) is 0 Å². The molecule has 11 nitrogen and oxygen atoms in total.